The first-order valence-corrected chi connectivity index (χ1v) is 9.19. The van der Waals surface area contributed by atoms with Crippen LogP contribution in [0.15, 0.2) is 47.7 Å². The van der Waals surface area contributed by atoms with Crippen molar-refractivity contribution in [1.82, 2.24) is 30.0 Å². The first-order valence-electron chi connectivity index (χ1n) is 9.19. The predicted molar refractivity (Wildman–Crippen MR) is 105 cm³/mol. The lowest BCUT2D eigenvalue weighted by Crippen LogP contribution is -2.39. The molecule has 0 radical (unpaired) electrons. The highest BCUT2D eigenvalue weighted by molar-refractivity contribution is 5.79. The lowest BCUT2D eigenvalue weighted by Gasteiger charge is -2.11. The molecule has 7 heteroatoms. The van der Waals surface area contributed by atoms with E-state index in [4.69, 9.17) is 0 Å². The zero-order valence-electron chi connectivity index (χ0n) is 15.5. The Kier molecular flexibility index (Phi) is 6.24. The van der Waals surface area contributed by atoms with E-state index in [0.717, 1.165) is 56.4 Å². The predicted octanol–water partition coefficient (Wildman–Crippen LogP) is 2.19. The second-order valence-corrected chi connectivity index (χ2v) is 6.11. The van der Waals surface area contributed by atoms with Crippen LogP contribution in [0.25, 0.3) is 11.0 Å². The summed E-state index contributed by atoms with van der Waals surface area (Å²) in [4.78, 5) is 9.29. The maximum absolute atomic E-state index is 4.67. The zero-order valence-corrected chi connectivity index (χ0v) is 15.5. The van der Waals surface area contributed by atoms with Crippen molar-refractivity contribution in [3.8, 4) is 0 Å². The number of imidazole rings is 1. The number of nitrogens with one attached hydrogen (secondary N) is 2. The SMILES string of the molecule is CCNC(=NCCCn1c(C)nc2ccccc21)NCCn1cccn1. The molecule has 3 rings (SSSR count). The van der Waals surface area contributed by atoms with Crippen LogP contribution in [0.1, 0.15) is 19.2 Å². The number of hydrogen-bond acceptors (Lipinski definition) is 3. The van der Waals surface area contributed by atoms with E-state index in [1.165, 1.54) is 5.52 Å². The molecule has 26 heavy (non-hydrogen) atoms. The molecule has 1 aromatic carbocycles. The van der Waals surface area contributed by atoms with Crippen LogP contribution in [-0.2, 0) is 13.1 Å². The standard InChI is InChI=1S/C19H27N7/c1-3-20-19(22-12-15-25-13-7-11-23-25)21-10-6-14-26-16(2)24-17-8-4-5-9-18(17)26/h4-5,7-9,11,13H,3,6,10,12,14-15H2,1-2H3,(H2,20,21,22). The highest BCUT2D eigenvalue weighted by Crippen LogP contribution is 2.15. The molecule has 0 amide bonds. The molecule has 0 spiro atoms. The summed E-state index contributed by atoms with van der Waals surface area (Å²) in [6, 6.07) is 10.2. The summed E-state index contributed by atoms with van der Waals surface area (Å²) in [5, 5.41) is 10.8. The number of aryl methyl sites for hydroxylation is 2. The molecule has 0 aliphatic heterocycles. The van der Waals surface area contributed by atoms with Gasteiger partial charge in [-0.1, -0.05) is 12.1 Å². The molecule has 7 nitrogen and oxygen atoms in total. The van der Waals surface area contributed by atoms with E-state index >= 15 is 0 Å². The number of benzene rings is 1. The van der Waals surface area contributed by atoms with Crippen molar-refractivity contribution in [2.75, 3.05) is 19.6 Å². The van der Waals surface area contributed by atoms with Gasteiger partial charge in [0.25, 0.3) is 0 Å². The molecule has 0 saturated carbocycles. The lowest BCUT2D eigenvalue weighted by atomic mass is 10.3. The number of para-hydroxylation sites is 2. The molecule has 3 aromatic rings. The van der Waals surface area contributed by atoms with Crippen molar-refractivity contribution < 1.29 is 0 Å². The second-order valence-electron chi connectivity index (χ2n) is 6.11. The number of nitrogens with zero attached hydrogens (tertiary/aromatic N) is 5. The Hall–Kier alpha value is -2.83. The van der Waals surface area contributed by atoms with Gasteiger partial charge in [0.05, 0.1) is 17.6 Å². The molecule has 0 bridgehead atoms. The molecule has 0 aliphatic carbocycles. The summed E-state index contributed by atoms with van der Waals surface area (Å²) < 4.78 is 4.17. The van der Waals surface area contributed by atoms with Crippen LogP contribution in [0.4, 0.5) is 0 Å². The third kappa shape index (κ3) is 4.62. The number of guanidine groups is 1. The number of aliphatic imine (C=N–C) groups is 1. The third-order valence-corrected chi connectivity index (χ3v) is 4.19. The van der Waals surface area contributed by atoms with Gasteiger partial charge in [0.15, 0.2) is 5.96 Å². The number of aromatic nitrogens is 4. The first-order chi connectivity index (χ1) is 12.8. The normalized spacial score (nSPS) is 11.8. The van der Waals surface area contributed by atoms with E-state index in [2.05, 4.69) is 62.3 Å². The quantitative estimate of drug-likeness (QED) is 0.370. The van der Waals surface area contributed by atoms with Crippen LogP contribution in [0, 0.1) is 6.92 Å². The van der Waals surface area contributed by atoms with Crippen LogP contribution in [0.3, 0.4) is 0 Å². The lowest BCUT2D eigenvalue weighted by molar-refractivity contribution is 0.596. The summed E-state index contributed by atoms with van der Waals surface area (Å²) in [5.74, 6) is 1.91. The summed E-state index contributed by atoms with van der Waals surface area (Å²) in [7, 11) is 0. The molecule has 2 aromatic heterocycles. The van der Waals surface area contributed by atoms with Gasteiger partial charge in [-0.15, -0.1) is 0 Å². The average Bonchev–Trinajstić information content (AvgIpc) is 3.26. The van der Waals surface area contributed by atoms with Crippen molar-refractivity contribution in [3.63, 3.8) is 0 Å². The molecule has 0 aliphatic rings. The largest absolute Gasteiger partial charge is 0.357 e. The third-order valence-electron chi connectivity index (χ3n) is 4.19. The topological polar surface area (TPSA) is 72.1 Å². The Labute approximate surface area is 154 Å². The number of rotatable bonds is 8. The van der Waals surface area contributed by atoms with E-state index in [0.29, 0.717) is 0 Å². The Morgan fingerprint density at radius 1 is 1.15 bits per heavy atom. The molecule has 0 fully saturated rings. The minimum atomic E-state index is 0.767. The molecule has 0 atom stereocenters. The maximum atomic E-state index is 4.67. The van der Waals surface area contributed by atoms with Gasteiger partial charge >= 0.3 is 0 Å². The average molecular weight is 353 g/mol. The van der Waals surface area contributed by atoms with Gasteiger partial charge in [-0.25, -0.2) is 4.98 Å². The van der Waals surface area contributed by atoms with Crippen molar-refractivity contribution >= 4 is 17.0 Å². The first kappa shape index (κ1) is 18.0. The summed E-state index contributed by atoms with van der Waals surface area (Å²) in [6.45, 7) is 8.27. The monoisotopic (exact) mass is 353 g/mol. The number of hydrogen-bond donors (Lipinski definition) is 2. The highest BCUT2D eigenvalue weighted by atomic mass is 15.3. The van der Waals surface area contributed by atoms with E-state index in [-0.39, 0.29) is 0 Å². The maximum Gasteiger partial charge on any atom is 0.191 e. The van der Waals surface area contributed by atoms with Crippen LogP contribution >= 0.6 is 0 Å². The van der Waals surface area contributed by atoms with Crippen LogP contribution in [0.5, 0.6) is 0 Å². The molecule has 0 unspecified atom stereocenters. The Balaban J connectivity index is 1.50. The van der Waals surface area contributed by atoms with E-state index in [1.807, 2.05) is 23.0 Å². The van der Waals surface area contributed by atoms with E-state index in [9.17, 15) is 0 Å². The van der Waals surface area contributed by atoms with Crippen molar-refractivity contribution in [1.29, 1.82) is 0 Å². The highest BCUT2D eigenvalue weighted by Gasteiger charge is 2.05. The van der Waals surface area contributed by atoms with Crippen LogP contribution in [0.2, 0.25) is 0 Å². The van der Waals surface area contributed by atoms with Gasteiger partial charge < -0.3 is 15.2 Å². The van der Waals surface area contributed by atoms with Crippen LogP contribution in [-0.4, -0.2) is 44.9 Å². The minimum absolute atomic E-state index is 0.767. The molecule has 2 N–H and O–H groups in total. The van der Waals surface area contributed by atoms with Gasteiger partial charge in [-0.05, 0) is 38.5 Å². The number of fused-ring (bicyclic) bond motifs is 1. The molecular weight excluding hydrogens is 326 g/mol. The second kappa shape index (κ2) is 9.03. The van der Waals surface area contributed by atoms with Gasteiger partial charge in [0.2, 0.25) is 0 Å². The molecule has 0 saturated heterocycles. The van der Waals surface area contributed by atoms with Gasteiger partial charge in [-0.2, -0.15) is 5.10 Å². The van der Waals surface area contributed by atoms with Gasteiger partial charge in [-0.3, -0.25) is 9.67 Å². The summed E-state index contributed by atoms with van der Waals surface area (Å²) in [6.07, 6.45) is 4.72. The zero-order chi connectivity index (χ0) is 18.2. The fourth-order valence-corrected chi connectivity index (χ4v) is 2.96. The van der Waals surface area contributed by atoms with Gasteiger partial charge in [0, 0.05) is 38.6 Å². The van der Waals surface area contributed by atoms with Crippen molar-refractivity contribution in [2.45, 2.75) is 33.4 Å². The van der Waals surface area contributed by atoms with Crippen molar-refractivity contribution in [2.24, 2.45) is 4.99 Å². The Morgan fingerprint density at radius 2 is 2.04 bits per heavy atom. The molecular formula is C19H27N7. The van der Waals surface area contributed by atoms with Gasteiger partial charge in [0.1, 0.15) is 5.82 Å². The Morgan fingerprint density at radius 3 is 2.85 bits per heavy atom. The summed E-state index contributed by atoms with van der Waals surface area (Å²) >= 11 is 0. The van der Waals surface area contributed by atoms with E-state index < -0.39 is 0 Å². The fourth-order valence-electron chi connectivity index (χ4n) is 2.96. The molecule has 2 heterocycles. The Bertz CT molecular complexity index is 833. The minimum Gasteiger partial charge on any atom is -0.357 e. The summed E-state index contributed by atoms with van der Waals surface area (Å²) in [5.41, 5.74) is 2.25. The van der Waals surface area contributed by atoms with E-state index in [1.54, 1.807) is 6.20 Å². The fraction of sp³-hybridized carbons (Fsp3) is 0.421. The smallest absolute Gasteiger partial charge is 0.191 e. The van der Waals surface area contributed by atoms with Crippen LogP contribution < -0.4 is 10.6 Å². The molecule has 138 valence electrons. The van der Waals surface area contributed by atoms with Crippen molar-refractivity contribution in [3.05, 3.63) is 48.5 Å².